The number of carbonyl (C=O) groups is 2. The molecule has 0 fully saturated rings. The normalized spacial score (nSPS) is 11.6. The highest BCUT2D eigenvalue weighted by Gasteiger charge is 2.36. The topological polar surface area (TPSA) is 98.6 Å². The number of ether oxygens (including phenoxy) is 2. The highest BCUT2D eigenvalue weighted by molar-refractivity contribution is 6.02. The Labute approximate surface area is 238 Å². The van der Waals surface area contributed by atoms with Crippen molar-refractivity contribution in [2.45, 2.75) is 26.1 Å². The zero-order valence-electron chi connectivity index (χ0n) is 23.2. The molecule has 5 rings (SSSR count). The first-order valence-corrected chi connectivity index (χ1v) is 13.2. The lowest BCUT2D eigenvalue weighted by atomic mass is 10.00. The molecule has 208 valence electrons. The number of aromatic nitrogens is 3. The summed E-state index contributed by atoms with van der Waals surface area (Å²) in [6.07, 6.45) is 0. The van der Waals surface area contributed by atoms with E-state index < -0.39 is 6.04 Å². The van der Waals surface area contributed by atoms with Crippen LogP contribution in [0.2, 0.25) is 0 Å². The van der Waals surface area contributed by atoms with Gasteiger partial charge in [0.25, 0.3) is 0 Å². The summed E-state index contributed by atoms with van der Waals surface area (Å²) in [7, 11) is 3.09. The molecule has 0 unspecified atom stereocenters. The number of anilines is 1. The number of benzene rings is 4. The molecule has 2 amide bonds. The second-order valence-corrected chi connectivity index (χ2v) is 9.50. The average molecular weight is 550 g/mol. The Bertz CT molecular complexity index is 1670. The molecule has 9 nitrogen and oxygen atoms in total. The Balaban J connectivity index is 1.63. The van der Waals surface area contributed by atoms with Gasteiger partial charge in [-0.15, -0.1) is 5.10 Å². The molecule has 5 aromatic rings. The summed E-state index contributed by atoms with van der Waals surface area (Å²) in [4.78, 5) is 30.1. The van der Waals surface area contributed by atoms with Gasteiger partial charge in [0.1, 0.15) is 29.6 Å². The minimum absolute atomic E-state index is 0.135. The van der Waals surface area contributed by atoms with Gasteiger partial charge < -0.3 is 14.8 Å². The Morgan fingerprint density at radius 1 is 0.902 bits per heavy atom. The molecule has 1 aromatic heterocycles. The zero-order chi connectivity index (χ0) is 28.8. The lowest BCUT2D eigenvalue weighted by molar-refractivity contribution is -0.127. The number of aryl methyl sites for hydroxylation is 1. The molecule has 0 bridgehead atoms. The fraction of sp³-hybridized carbons (Fsp3) is 0.188. The van der Waals surface area contributed by atoms with Crippen LogP contribution < -0.4 is 19.7 Å². The molecule has 0 saturated carbocycles. The summed E-state index contributed by atoms with van der Waals surface area (Å²) in [6, 6.07) is 28.6. The summed E-state index contributed by atoms with van der Waals surface area (Å²) >= 11 is 0. The van der Waals surface area contributed by atoms with Crippen LogP contribution in [-0.4, -0.2) is 41.0 Å². The first kappa shape index (κ1) is 27.4. The molecule has 1 heterocycles. The predicted molar refractivity (Wildman–Crippen MR) is 157 cm³/mol. The number of carbonyl (C=O) groups excluding carboxylic acids is 2. The van der Waals surface area contributed by atoms with Gasteiger partial charge in [-0.1, -0.05) is 65.9 Å². The van der Waals surface area contributed by atoms with E-state index in [1.54, 1.807) is 30.0 Å². The lowest BCUT2D eigenvalue weighted by Gasteiger charge is -2.33. The van der Waals surface area contributed by atoms with Crippen molar-refractivity contribution in [1.82, 2.24) is 20.3 Å². The zero-order valence-corrected chi connectivity index (χ0v) is 23.2. The van der Waals surface area contributed by atoms with E-state index >= 15 is 0 Å². The van der Waals surface area contributed by atoms with Crippen molar-refractivity contribution in [3.05, 3.63) is 114 Å². The van der Waals surface area contributed by atoms with E-state index in [4.69, 9.17) is 9.47 Å². The van der Waals surface area contributed by atoms with Gasteiger partial charge in [-0.3, -0.25) is 14.5 Å². The van der Waals surface area contributed by atoms with Gasteiger partial charge >= 0.3 is 0 Å². The molecule has 1 N–H and O–H groups in total. The first-order valence-electron chi connectivity index (χ1n) is 13.2. The third-order valence-electron chi connectivity index (χ3n) is 6.90. The van der Waals surface area contributed by atoms with Gasteiger partial charge in [-0.25, -0.2) is 4.68 Å². The van der Waals surface area contributed by atoms with E-state index in [2.05, 4.69) is 15.6 Å². The summed E-state index contributed by atoms with van der Waals surface area (Å²) in [5.41, 5.74) is 4.22. The van der Waals surface area contributed by atoms with Crippen LogP contribution >= 0.6 is 0 Å². The quantitative estimate of drug-likeness (QED) is 0.268. The van der Waals surface area contributed by atoms with Crippen molar-refractivity contribution in [2.24, 2.45) is 0 Å². The molecular weight excluding hydrogens is 518 g/mol. The van der Waals surface area contributed by atoms with Gasteiger partial charge in [-0.05, 0) is 54.4 Å². The molecule has 0 aliphatic heterocycles. The standard InChI is InChI=1S/C32H31N5O4/c1-22-11-7-9-15-27(22)37(30(38)21-36-28-16-10-8-14-26(28)34-35-36)31(25-19-24(40-2)17-18-29(25)41-3)32(39)33-20-23-12-5-4-6-13-23/h4-19,31H,20-21H2,1-3H3,(H,33,39)/t31-/m0/s1. The summed E-state index contributed by atoms with van der Waals surface area (Å²) in [5.74, 6) is 0.254. The Morgan fingerprint density at radius 2 is 1.63 bits per heavy atom. The van der Waals surface area contributed by atoms with Gasteiger partial charge in [0.15, 0.2) is 0 Å². The summed E-state index contributed by atoms with van der Waals surface area (Å²) < 4.78 is 12.7. The third-order valence-corrected chi connectivity index (χ3v) is 6.90. The van der Waals surface area contributed by atoms with Crippen LogP contribution in [0.5, 0.6) is 11.5 Å². The van der Waals surface area contributed by atoms with Crippen LogP contribution in [0.25, 0.3) is 11.0 Å². The predicted octanol–water partition coefficient (Wildman–Crippen LogP) is 4.85. The number of amides is 2. The fourth-order valence-corrected chi connectivity index (χ4v) is 4.82. The number of nitrogens with zero attached hydrogens (tertiary/aromatic N) is 4. The smallest absolute Gasteiger partial charge is 0.249 e. The second kappa shape index (κ2) is 12.3. The Kier molecular flexibility index (Phi) is 8.24. The number of rotatable bonds is 10. The van der Waals surface area contributed by atoms with Crippen LogP contribution in [0.4, 0.5) is 5.69 Å². The molecule has 41 heavy (non-hydrogen) atoms. The third kappa shape index (κ3) is 5.89. The number of nitrogens with one attached hydrogen (secondary N) is 1. The number of fused-ring (bicyclic) bond motifs is 1. The molecule has 0 spiro atoms. The van der Waals surface area contributed by atoms with Gasteiger partial charge in [-0.2, -0.15) is 0 Å². The summed E-state index contributed by atoms with van der Waals surface area (Å²) in [5, 5.41) is 11.5. The maximum atomic E-state index is 14.3. The minimum Gasteiger partial charge on any atom is -0.497 e. The summed E-state index contributed by atoms with van der Waals surface area (Å²) in [6.45, 7) is 2.05. The molecule has 0 radical (unpaired) electrons. The van der Waals surface area contributed by atoms with E-state index in [9.17, 15) is 9.59 Å². The second-order valence-electron chi connectivity index (χ2n) is 9.50. The molecule has 0 saturated heterocycles. The average Bonchev–Trinajstić information content (AvgIpc) is 3.41. The van der Waals surface area contributed by atoms with Crippen molar-refractivity contribution in [1.29, 1.82) is 0 Å². The lowest BCUT2D eigenvalue weighted by Crippen LogP contribution is -2.45. The Hall–Kier alpha value is -5.18. The first-order chi connectivity index (χ1) is 20.0. The molecule has 1 atom stereocenters. The van der Waals surface area contributed by atoms with Crippen molar-refractivity contribution in [3.63, 3.8) is 0 Å². The van der Waals surface area contributed by atoms with E-state index in [1.807, 2.05) is 85.8 Å². The molecule has 0 aliphatic rings. The molecule has 4 aromatic carbocycles. The van der Waals surface area contributed by atoms with Crippen molar-refractivity contribution < 1.29 is 19.1 Å². The van der Waals surface area contributed by atoms with Crippen LogP contribution in [0.3, 0.4) is 0 Å². The number of hydrogen-bond donors (Lipinski definition) is 1. The Morgan fingerprint density at radius 3 is 2.39 bits per heavy atom. The van der Waals surface area contributed by atoms with Gasteiger partial charge in [0.2, 0.25) is 11.8 Å². The van der Waals surface area contributed by atoms with Crippen LogP contribution in [0.15, 0.2) is 97.1 Å². The fourth-order valence-electron chi connectivity index (χ4n) is 4.82. The van der Waals surface area contributed by atoms with E-state index in [0.717, 1.165) is 16.6 Å². The highest BCUT2D eigenvalue weighted by atomic mass is 16.5. The van der Waals surface area contributed by atoms with E-state index in [1.165, 1.54) is 12.0 Å². The van der Waals surface area contributed by atoms with Gasteiger partial charge in [0.05, 0.1) is 19.7 Å². The van der Waals surface area contributed by atoms with Crippen molar-refractivity contribution in [3.8, 4) is 11.5 Å². The van der Waals surface area contributed by atoms with Crippen LogP contribution in [0, 0.1) is 6.92 Å². The maximum absolute atomic E-state index is 14.3. The SMILES string of the molecule is COc1ccc(OC)c([C@@H](C(=O)NCc2ccccc2)N(C(=O)Cn2nnc3ccccc32)c2ccccc2C)c1. The van der Waals surface area contributed by atoms with Crippen molar-refractivity contribution in [2.75, 3.05) is 19.1 Å². The van der Waals surface area contributed by atoms with E-state index in [0.29, 0.717) is 28.3 Å². The molecular formula is C32H31N5O4. The highest BCUT2D eigenvalue weighted by Crippen LogP contribution is 2.37. The minimum atomic E-state index is -1.09. The van der Waals surface area contributed by atoms with E-state index in [-0.39, 0.29) is 24.9 Å². The molecule has 9 heteroatoms. The molecule has 0 aliphatic carbocycles. The van der Waals surface area contributed by atoms with Crippen LogP contribution in [-0.2, 0) is 22.7 Å². The van der Waals surface area contributed by atoms with Crippen molar-refractivity contribution >= 4 is 28.5 Å². The monoisotopic (exact) mass is 549 g/mol. The van der Waals surface area contributed by atoms with Crippen LogP contribution in [0.1, 0.15) is 22.7 Å². The maximum Gasteiger partial charge on any atom is 0.249 e. The van der Waals surface area contributed by atoms with Gasteiger partial charge in [0, 0.05) is 17.8 Å². The number of para-hydroxylation sites is 2. The number of hydrogen-bond acceptors (Lipinski definition) is 6. The number of methoxy groups -OCH3 is 2. The largest absolute Gasteiger partial charge is 0.497 e.